The molecular weight excluding hydrogens is 280 g/mol. The smallest absolute Gasteiger partial charge is 0.139 e. The quantitative estimate of drug-likeness (QED) is 0.486. The van der Waals surface area contributed by atoms with Crippen LogP contribution in [0.25, 0.3) is 0 Å². The van der Waals surface area contributed by atoms with Crippen LogP contribution in [0, 0.1) is 19.3 Å². The number of benzene rings is 2. The first-order chi connectivity index (χ1) is 10.0. The summed E-state index contributed by atoms with van der Waals surface area (Å²) in [5, 5.41) is 7.83. The molecule has 0 aliphatic rings. The number of hydrogen-bond acceptors (Lipinski definition) is 3. The Labute approximate surface area is 130 Å². The maximum atomic E-state index is 7.83. The van der Waals surface area contributed by atoms with Crippen LogP contribution >= 0.6 is 11.8 Å². The third kappa shape index (κ3) is 3.58. The van der Waals surface area contributed by atoms with Crippen LogP contribution in [0.2, 0.25) is 0 Å². The normalized spacial score (nSPS) is 10.4. The van der Waals surface area contributed by atoms with Crippen molar-refractivity contribution in [3.63, 3.8) is 0 Å². The van der Waals surface area contributed by atoms with Crippen LogP contribution in [0.3, 0.4) is 0 Å². The van der Waals surface area contributed by atoms with Crippen LogP contribution in [0.1, 0.15) is 23.6 Å². The van der Waals surface area contributed by atoms with Gasteiger partial charge in [0.1, 0.15) is 17.3 Å². The Hall–Kier alpha value is -1.94. The first-order valence-electron chi connectivity index (χ1n) is 6.88. The lowest BCUT2D eigenvalue weighted by molar-refractivity contribution is 0.476. The van der Waals surface area contributed by atoms with Crippen molar-refractivity contribution in [2.24, 2.45) is 5.73 Å². The van der Waals surface area contributed by atoms with E-state index < -0.39 is 0 Å². The lowest BCUT2D eigenvalue weighted by Crippen LogP contribution is -2.14. The van der Waals surface area contributed by atoms with Gasteiger partial charge in [-0.15, -0.1) is 11.8 Å². The lowest BCUT2D eigenvalue weighted by atomic mass is 10.1. The molecule has 0 atom stereocenters. The zero-order chi connectivity index (χ0) is 15.4. The molecule has 0 radical (unpaired) electrons. The maximum Gasteiger partial charge on any atom is 0.139 e. The molecule has 4 heteroatoms. The molecule has 2 aromatic rings. The van der Waals surface area contributed by atoms with Crippen molar-refractivity contribution in [3.8, 4) is 11.5 Å². The largest absolute Gasteiger partial charge is 0.456 e. The van der Waals surface area contributed by atoms with Gasteiger partial charge in [0, 0.05) is 4.90 Å². The summed E-state index contributed by atoms with van der Waals surface area (Å²) in [7, 11) is 0. The fraction of sp³-hybridized carbons (Fsp3) is 0.235. The van der Waals surface area contributed by atoms with E-state index in [4.69, 9.17) is 15.9 Å². The molecular formula is C17H20N2OS. The monoisotopic (exact) mass is 300 g/mol. The van der Waals surface area contributed by atoms with Crippen LogP contribution in [0.5, 0.6) is 11.5 Å². The number of amidine groups is 1. The third-order valence-corrected chi connectivity index (χ3v) is 4.05. The topological polar surface area (TPSA) is 59.1 Å². The number of rotatable bonds is 5. The van der Waals surface area contributed by atoms with Crippen LogP contribution in [0.15, 0.2) is 41.3 Å². The number of thioether (sulfide) groups is 1. The van der Waals surface area contributed by atoms with Gasteiger partial charge in [-0.1, -0.05) is 30.7 Å². The van der Waals surface area contributed by atoms with E-state index in [1.807, 2.05) is 37.3 Å². The van der Waals surface area contributed by atoms with Crippen molar-refractivity contribution in [3.05, 3.63) is 53.1 Å². The Balaban J connectivity index is 2.43. The fourth-order valence-electron chi connectivity index (χ4n) is 2.17. The van der Waals surface area contributed by atoms with Crippen molar-refractivity contribution < 1.29 is 4.74 Å². The molecule has 0 spiro atoms. The highest BCUT2D eigenvalue weighted by Crippen LogP contribution is 2.33. The number of nitrogens with two attached hydrogens (primary N) is 1. The molecule has 3 N–H and O–H groups in total. The van der Waals surface area contributed by atoms with E-state index in [1.165, 1.54) is 5.56 Å². The second-order valence-corrected chi connectivity index (χ2v) is 6.15. The molecule has 0 heterocycles. The van der Waals surface area contributed by atoms with Gasteiger partial charge in [0.15, 0.2) is 0 Å². The summed E-state index contributed by atoms with van der Waals surface area (Å²) in [5.41, 5.74) is 8.69. The van der Waals surface area contributed by atoms with Gasteiger partial charge in [0.2, 0.25) is 0 Å². The van der Waals surface area contributed by atoms with Gasteiger partial charge >= 0.3 is 0 Å². The van der Waals surface area contributed by atoms with E-state index in [0.29, 0.717) is 11.3 Å². The zero-order valence-corrected chi connectivity index (χ0v) is 13.4. The molecule has 3 nitrogen and oxygen atoms in total. The van der Waals surface area contributed by atoms with Gasteiger partial charge in [-0.05, 0) is 43.4 Å². The van der Waals surface area contributed by atoms with Gasteiger partial charge in [0.05, 0.1) is 5.56 Å². The summed E-state index contributed by atoms with van der Waals surface area (Å²) in [6, 6.07) is 11.8. The molecule has 0 aliphatic carbocycles. The van der Waals surface area contributed by atoms with Gasteiger partial charge in [-0.2, -0.15) is 0 Å². The fourth-order valence-corrected chi connectivity index (χ4v) is 3.01. The predicted octanol–water partition coefficient (Wildman–Crippen LogP) is 4.49. The molecule has 0 bridgehead atoms. The molecule has 0 aliphatic heterocycles. The first-order valence-corrected chi connectivity index (χ1v) is 7.86. The van der Waals surface area contributed by atoms with Crippen molar-refractivity contribution >= 4 is 17.6 Å². The number of hydrogen-bond donors (Lipinski definition) is 2. The van der Waals surface area contributed by atoms with Crippen molar-refractivity contribution in [1.29, 1.82) is 5.41 Å². The van der Waals surface area contributed by atoms with E-state index in [-0.39, 0.29) is 5.84 Å². The predicted molar refractivity (Wildman–Crippen MR) is 89.8 cm³/mol. The summed E-state index contributed by atoms with van der Waals surface area (Å²) in [6.45, 7) is 6.14. The van der Waals surface area contributed by atoms with Crippen molar-refractivity contribution in [2.75, 3.05) is 5.75 Å². The minimum Gasteiger partial charge on any atom is -0.456 e. The molecule has 0 saturated carbocycles. The van der Waals surface area contributed by atoms with Gasteiger partial charge in [-0.25, -0.2) is 0 Å². The van der Waals surface area contributed by atoms with Gasteiger partial charge in [-0.3, -0.25) is 5.41 Å². The summed E-state index contributed by atoms with van der Waals surface area (Å²) in [5.74, 6) is 2.38. The number of ether oxygens (including phenoxy) is 1. The third-order valence-electron chi connectivity index (χ3n) is 3.11. The van der Waals surface area contributed by atoms with Crippen LogP contribution in [-0.4, -0.2) is 11.6 Å². The Bertz CT molecular complexity index is 668. The minimum atomic E-state index is 0.0336. The molecule has 2 aromatic carbocycles. The number of nitrogen functional groups attached to an aromatic ring is 1. The van der Waals surface area contributed by atoms with Crippen molar-refractivity contribution in [1.82, 2.24) is 0 Å². The number of aryl methyl sites for hydroxylation is 2. The Kier molecular flexibility index (Phi) is 4.91. The highest BCUT2D eigenvalue weighted by Gasteiger charge is 2.14. The molecule has 2 rings (SSSR count). The maximum absolute atomic E-state index is 7.83. The molecule has 0 fully saturated rings. The molecule has 0 amide bonds. The van der Waals surface area contributed by atoms with Crippen LogP contribution < -0.4 is 10.5 Å². The van der Waals surface area contributed by atoms with Crippen LogP contribution in [-0.2, 0) is 0 Å². The molecule has 0 saturated heterocycles. The highest BCUT2D eigenvalue weighted by molar-refractivity contribution is 7.99. The second kappa shape index (κ2) is 6.68. The van der Waals surface area contributed by atoms with Gasteiger partial charge in [0.25, 0.3) is 0 Å². The summed E-state index contributed by atoms with van der Waals surface area (Å²) in [4.78, 5) is 0.979. The molecule has 21 heavy (non-hydrogen) atoms. The molecule has 110 valence electrons. The molecule has 0 unspecified atom stereocenters. The Morgan fingerprint density at radius 2 is 1.95 bits per heavy atom. The summed E-state index contributed by atoms with van der Waals surface area (Å²) < 4.78 is 6.01. The highest BCUT2D eigenvalue weighted by atomic mass is 32.2. The van der Waals surface area contributed by atoms with Gasteiger partial charge < -0.3 is 10.5 Å². The van der Waals surface area contributed by atoms with Crippen LogP contribution in [0.4, 0.5) is 0 Å². The van der Waals surface area contributed by atoms with E-state index in [1.54, 1.807) is 11.8 Å². The number of nitrogens with one attached hydrogen (secondary N) is 1. The SMILES string of the molecule is CCSc1cccc(Oc2ccc(C)cc2C)c1C(=N)N. The zero-order valence-electron chi connectivity index (χ0n) is 12.6. The average molecular weight is 300 g/mol. The Morgan fingerprint density at radius 3 is 2.57 bits per heavy atom. The van der Waals surface area contributed by atoms with E-state index in [0.717, 1.165) is 22.0 Å². The van der Waals surface area contributed by atoms with E-state index >= 15 is 0 Å². The molecule has 0 aromatic heterocycles. The Morgan fingerprint density at radius 1 is 1.19 bits per heavy atom. The minimum absolute atomic E-state index is 0.0336. The second-order valence-electron chi connectivity index (χ2n) is 4.85. The lowest BCUT2D eigenvalue weighted by Gasteiger charge is -2.15. The first kappa shape index (κ1) is 15.4. The van der Waals surface area contributed by atoms with E-state index in [9.17, 15) is 0 Å². The summed E-state index contributed by atoms with van der Waals surface area (Å²) in [6.07, 6.45) is 0. The average Bonchev–Trinajstić information content (AvgIpc) is 2.42. The van der Waals surface area contributed by atoms with Crippen molar-refractivity contribution in [2.45, 2.75) is 25.7 Å². The standard InChI is InChI=1S/C17H20N2OS/c1-4-21-15-7-5-6-14(16(15)17(18)19)20-13-9-8-11(2)10-12(13)3/h5-10H,4H2,1-3H3,(H3,18,19). The summed E-state index contributed by atoms with van der Waals surface area (Å²) >= 11 is 1.66. The van der Waals surface area contributed by atoms with E-state index in [2.05, 4.69) is 19.9 Å².